The molecule has 0 saturated carbocycles. The van der Waals surface area contributed by atoms with Crippen LogP contribution >= 0.6 is 11.8 Å². The SMILES string of the molecule is OCCSCc1noc(-c2ccccc2)n1. The first-order valence-electron chi connectivity index (χ1n) is 4.97. The van der Waals surface area contributed by atoms with Crippen molar-refractivity contribution in [2.75, 3.05) is 12.4 Å². The highest BCUT2D eigenvalue weighted by Crippen LogP contribution is 2.17. The summed E-state index contributed by atoms with van der Waals surface area (Å²) >= 11 is 1.58. The number of aliphatic hydroxyl groups is 1. The van der Waals surface area contributed by atoms with Gasteiger partial charge in [-0.2, -0.15) is 16.7 Å². The molecule has 0 radical (unpaired) electrons. The van der Waals surface area contributed by atoms with Gasteiger partial charge in [-0.25, -0.2) is 0 Å². The summed E-state index contributed by atoms with van der Waals surface area (Å²) in [5.41, 5.74) is 0.924. The van der Waals surface area contributed by atoms with E-state index >= 15 is 0 Å². The molecule has 5 heteroatoms. The predicted octanol–water partition coefficient (Wildman–Crippen LogP) is 1.96. The number of hydrogen-bond donors (Lipinski definition) is 1. The van der Waals surface area contributed by atoms with Crippen molar-refractivity contribution in [1.29, 1.82) is 0 Å². The molecule has 84 valence electrons. The van der Waals surface area contributed by atoms with Crippen LogP contribution in [0.1, 0.15) is 5.82 Å². The summed E-state index contributed by atoms with van der Waals surface area (Å²) in [6, 6.07) is 9.66. The second-order valence-electron chi connectivity index (χ2n) is 3.16. The molecule has 1 heterocycles. The zero-order chi connectivity index (χ0) is 11.2. The lowest BCUT2D eigenvalue weighted by Crippen LogP contribution is -1.89. The molecule has 1 aromatic heterocycles. The fourth-order valence-electron chi connectivity index (χ4n) is 1.24. The average molecular weight is 236 g/mol. The van der Waals surface area contributed by atoms with Gasteiger partial charge in [-0.15, -0.1) is 0 Å². The number of aromatic nitrogens is 2. The van der Waals surface area contributed by atoms with Crippen LogP contribution in [0.2, 0.25) is 0 Å². The summed E-state index contributed by atoms with van der Waals surface area (Å²) in [4.78, 5) is 4.27. The first-order valence-corrected chi connectivity index (χ1v) is 6.12. The van der Waals surface area contributed by atoms with E-state index in [1.807, 2.05) is 30.3 Å². The minimum Gasteiger partial charge on any atom is -0.396 e. The van der Waals surface area contributed by atoms with Gasteiger partial charge in [0.2, 0.25) is 0 Å². The lowest BCUT2D eigenvalue weighted by atomic mass is 10.2. The van der Waals surface area contributed by atoms with Crippen molar-refractivity contribution < 1.29 is 9.63 Å². The van der Waals surface area contributed by atoms with E-state index in [0.717, 1.165) is 5.56 Å². The molecule has 1 N–H and O–H groups in total. The zero-order valence-electron chi connectivity index (χ0n) is 8.67. The van der Waals surface area contributed by atoms with Gasteiger partial charge in [0.1, 0.15) is 0 Å². The van der Waals surface area contributed by atoms with Crippen LogP contribution in [0.3, 0.4) is 0 Å². The first-order chi connectivity index (χ1) is 7.90. The van der Waals surface area contributed by atoms with E-state index in [9.17, 15) is 0 Å². The molecule has 0 aliphatic heterocycles. The van der Waals surface area contributed by atoms with Crippen LogP contribution < -0.4 is 0 Å². The molecule has 0 bridgehead atoms. The fourth-order valence-corrected chi connectivity index (χ4v) is 1.81. The van der Waals surface area contributed by atoms with Crippen molar-refractivity contribution in [2.45, 2.75) is 5.75 Å². The Hall–Kier alpha value is -1.33. The van der Waals surface area contributed by atoms with Crippen LogP contribution in [-0.2, 0) is 5.75 Å². The Morgan fingerprint density at radius 1 is 1.25 bits per heavy atom. The van der Waals surface area contributed by atoms with Crippen LogP contribution in [-0.4, -0.2) is 27.6 Å². The lowest BCUT2D eigenvalue weighted by molar-refractivity contribution is 0.322. The number of aliphatic hydroxyl groups excluding tert-OH is 1. The van der Waals surface area contributed by atoms with Gasteiger partial charge in [0.15, 0.2) is 5.82 Å². The Morgan fingerprint density at radius 2 is 2.06 bits per heavy atom. The van der Waals surface area contributed by atoms with Gasteiger partial charge in [0.25, 0.3) is 5.89 Å². The monoisotopic (exact) mass is 236 g/mol. The number of benzene rings is 1. The standard InChI is InChI=1S/C11H12N2O2S/c14-6-7-16-8-10-12-11(15-13-10)9-4-2-1-3-5-9/h1-5,14H,6-8H2. The molecule has 0 atom stereocenters. The topological polar surface area (TPSA) is 59.2 Å². The molecular weight excluding hydrogens is 224 g/mol. The number of thioether (sulfide) groups is 1. The third-order valence-electron chi connectivity index (χ3n) is 1.96. The minimum atomic E-state index is 0.175. The van der Waals surface area contributed by atoms with E-state index in [1.165, 1.54) is 0 Å². The molecule has 0 spiro atoms. The average Bonchev–Trinajstić information content (AvgIpc) is 2.79. The van der Waals surface area contributed by atoms with Crippen LogP contribution in [0.4, 0.5) is 0 Å². The van der Waals surface area contributed by atoms with Crippen LogP contribution in [0.15, 0.2) is 34.9 Å². The van der Waals surface area contributed by atoms with Crippen molar-refractivity contribution in [3.8, 4) is 11.5 Å². The van der Waals surface area contributed by atoms with Gasteiger partial charge < -0.3 is 9.63 Å². The first kappa shape index (κ1) is 11.2. The molecular formula is C11H12N2O2S. The normalized spacial score (nSPS) is 10.6. The minimum absolute atomic E-state index is 0.175. The van der Waals surface area contributed by atoms with Gasteiger partial charge in [0, 0.05) is 11.3 Å². The number of nitrogens with zero attached hydrogens (tertiary/aromatic N) is 2. The Balaban J connectivity index is 2.02. The summed E-state index contributed by atoms with van der Waals surface area (Å²) in [7, 11) is 0. The molecule has 1 aromatic carbocycles. The zero-order valence-corrected chi connectivity index (χ0v) is 9.48. The van der Waals surface area contributed by atoms with Gasteiger partial charge in [0.05, 0.1) is 12.4 Å². The third kappa shape index (κ3) is 2.84. The second kappa shape index (κ2) is 5.67. The van der Waals surface area contributed by atoms with Gasteiger partial charge >= 0.3 is 0 Å². The van der Waals surface area contributed by atoms with Crippen molar-refractivity contribution in [3.05, 3.63) is 36.2 Å². The predicted molar refractivity (Wildman–Crippen MR) is 63.0 cm³/mol. The molecule has 0 unspecified atom stereocenters. The van der Waals surface area contributed by atoms with Crippen molar-refractivity contribution >= 4 is 11.8 Å². The van der Waals surface area contributed by atoms with E-state index in [2.05, 4.69) is 10.1 Å². The van der Waals surface area contributed by atoms with Crippen molar-refractivity contribution in [1.82, 2.24) is 10.1 Å². The molecule has 2 rings (SSSR count). The maximum atomic E-state index is 8.64. The summed E-state index contributed by atoms with van der Waals surface area (Å²) in [6.07, 6.45) is 0. The molecule has 16 heavy (non-hydrogen) atoms. The highest BCUT2D eigenvalue weighted by Gasteiger charge is 2.07. The van der Waals surface area contributed by atoms with E-state index in [1.54, 1.807) is 11.8 Å². The van der Waals surface area contributed by atoms with E-state index in [0.29, 0.717) is 23.2 Å². The molecule has 0 aliphatic rings. The summed E-state index contributed by atoms with van der Waals surface area (Å²) in [5.74, 6) is 2.56. The third-order valence-corrected chi connectivity index (χ3v) is 2.89. The fraction of sp³-hybridized carbons (Fsp3) is 0.273. The molecule has 4 nitrogen and oxygen atoms in total. The smallest absolute Gasteiger partial charge is 0.257 e. The summed E-state index contributed by atoms with van der Waals surface area (Å²) in [6.45, 7) is 0.175. The van der Waals surface area contributed by atoms with Gasteiger partial charge in [-0.3, -0.25) is 0 Å². The number of hydrogen-bond acceptors (Lipinski definition) is 5. The molecule has 0 fully saturated rings. The molecule has 0 amide bonds. The van der Waals surface area contributed by atoms with Gasteiger partial charge in [-0.05, 0) is 12.1 Å². The molecule has 0 aliphatic carbocycles. The van der Waals surface area contributed by atoms with Gasteiger partial charge in [-0.1, -0.05) is 23.4 Å². The molecule has 2 aromatic rings. The van der Waals surface area contributed by atoms with Crippen molar-refractivity contribution in [3.63, 3.8) is 0 Å². The Labute approximate surface area is 97.7 Å². The molecule has 0 saturated heterocycles. The Kier molecular flexibility index (Phi) is 3.96. The van der Waals surface area contributed by atoms with E-state index < -0.39 is 0 Å². The second-order valence-corrected chi connectivity index (χ2v) is 4.26. The van der Waals surface area contributed by atoms with E-state index in [-0.39, 0.29) is 6.61 Å². The van der Waals surface area contributed by atoms with Crippen LogP contribution in [0.5, 0.6) is 0 Å². The Bertz CT molecular complexity index is 431. The van der Waals surface area contributed by atoms with Crippen LogP contribution in [0, 0.1) is 0 Å². The summed E-state index contributed by atoms with van der Waals surface area (Å²) < 4.78 is 5.14. The highest BCUT2D eigenvalue weighted by atomic mass is 32.2. The summed E-state index contributed by atoms with van der Waals surface area (Å²) in [5, 5.41) is 12.5. The largest absolute Gasteiger partial charge is 0.396 e. The maximum Gasteiger partial charge on any atom is 0.257 e. The number of rotatable bonds is 5. The van der Waals surface area contributed by atoms with Crippen molar-refractivity contribution in [2.24, 2.45) is 0 Å². The quantitative estimate of drug-likeness (QED) is 0.804. The Morgan fingerprint density at radius 3 is 2.81 bits per heavy atom. The lowest BCUT2D eigenvalue weighted by Gasteiger charge is -1.92. The van der Waals surface area contributed by atoms with Crippen LogP contribution in [0.25, 0.3) is 11.5 Å². The maximum absolute atomic E-state index is 8.64. The highest BCUT2D eigenvalue weighted by molar-refractivity contribution is 7.98. The van der Waals surface area contributed by atoms with E-state index in [4.69, 9.17) is 9.63 Å².